The lowest BCUT2D eigenvalue weighted by atomic mass is 9.77. The fraction of sp³-hybridized carbons (Fsp3) is 0.556. The molecule has 0 aliphatic carbocycles. The summed E-state index contributed by atoms with van der Waals surface area (Å²) in [5.41, 5.74) is 7.98. The third-order valence-electron chi connectivity index (χ3n) is 4.81. The van der Waals surface area contributed by atoms with Gasteiger partial charge in [0.2, 0.25) is 0 Å². The molecular weight excluding hydrogens is 305 g/mol. The Labute approximate surface area is 145 Å². The molecule has 0 amide bonds. The van der Waals surface area contributed by atoms with E-state index in [1.165, 1.54) is 0 Å². The van der Waals surface area contributed by atoms with Gasteiger partial charge < -0.3 is 24.5 Å². The molecule has 1 fully saturated rings. The van der Waals surface area contributed by atoms with E-state index in [-0.39, 0.29) is 0 Å². The standard InChI is InChI=1S/C18H28BNO4/c1-17(2)18(3,4)24-19(23-17)14(12-20)11-13-9-7-8-10-15(13)16(21-5)22-6/h7-11,16H,12,20H2,1-6H3. The smallest absolute Gasteiger partial charge is 0.400 e. The van der Waals surface area contributed by atoms with Gasteiger partial charge in [-0.1, -0.05) is 30.3 Å². The highest BCUT2D eigenvalue weighted by Gasteiger charge is 2.52. The van der Waals surface area contributed by atoms with Gasteiger partial charge in [-0.05, 0) is 38.7 Å². The zero-order valence-electron chi connectivity index (χ0n) is 15.5. The second kappa shape index (κ2) is 7.37. The maximum Gasteiger partial charge on any atom is 0.491 e. The summed E-state index contributed by atoms with van der Waals surface area (Å²) in [5, 5.41) is 0. The van der Waals surface area contributed by atoms with Gasteiger partial charge in [-0.3, -0.25) is 0 Å². The molecule has 2 N–H and O–H groups in total. The highest BCUT2D eigenvalue weighted by molar-refractivity contribution is 6.55. The molecule has 1 aromatic carbocycles. The normalized spacial score (nSPS) is 20.0. The maximum atomic E-state index is 6.11. The third-order valence-corrected chi connectivity index (χ3v) is 4.81. The quantitative estimate of drug-likeness (QED) is 0.641. The molecular formula is C18H28BNO4. The van der Waals surface area contributed by atoms with E-state index in [9.17, 15) is 0 Å². The first-order chi connectivity index (χ1) is 11.3. The zero-order chi connectivity index (χ0) is 18.0. The number of rotatable bonds is 6. The largest absolute Gasteiger partial charge is 0.491 e. The van der Waals surface area contributed by atoms with Crippen LogP contribution in [0.2, 0.25) is 0 Å². The van der Waals surface area contributed by atoms with E-state index in [1.54, 1.807) is 14.2 Å². The van der Waals surface area contributed by atoms with Crippen molar-refractivity contribution >= 4 is 13.2 Å². The van der Waals surface area contributed by atoms with Crippen LogP contribution in [0, 0.1) is 0 Å². The Balaban J connectivity index is 2.36. The molecule has 1 aliphatic heterocycles. The summed E-state index contributed by atoms with van der Waals surface area (Å²) in [6, 6.07) is 7.90. The molecule has 5 nitrogen and oxygen atoms in total. The average Bonchev–Trinajstić information content (AvgIpc) is 2.75. The first-order valence-corrected chi connectivity index (χ1v) is 8.16. The van der Waals surface area contributed by atoms with Gasteiger partial charge in [0.15, 0.2) is 6.29 Å². The van der Waals surface area contributed by atoms with Crippen LogP contribution in [0.3, 0.4) is 0 Å². The summed E-state index contributed by atoms with van der Waals surface area (Å²) in [5.74, 6) is 0. The van der Waals surface area contributed by atoms with Crippen LogP contribution in [-0.2, 0) is 18.8 Å². The number of methoxy groups -OCH3 is 2. The van der Waals surface area contributed by atoms with E-state index >= 15 is 0 Å². The Morgan fingerprint density at radius 3 is 2.17 bits per heavy atom. The summed E-state index contributed by atoms with van der Waals surface area (Å²) in [4.78, 5) is 0. The number of hydrogen-bond donors (Lipinski definition) is 1. The molecule has 0 spiro atoms. The van der Waals surface area contributed by atoms with Crippen molar-refractivity contribution in [3.8, 4) is 0 Å². The Bertz CT molecular complexity index is 580. The molecule has 0 bridgehead atoms. The lowest BCUT2D eigenvalue weighted by Crippen LogP contribution is -2.41. The van der Waals surface area contributed by atoms with Crippen LogP contribution in [0.5, 0.6) is 0 Å². The van der Waals surface area contributed by atoms with Crippen LogP contribution in [0.15, 0.2) is 29.7 Å². The fourth-order valence-corrected chi connectivity index (χ4v) is 2.62. The van der Waals surface area contributed by atoms with Crippen molar-refractivity contribution in [1.29, 1.82) is 0 Å². The van der Waals surface area contributed by atoms with E-state index in [0.717, 1.165) is 16.6 Å². The fourth-order valence-electron chi connectivity index (χ4n) is 2.62. The van der Waals surface area contributed by atoms with Crippen molar-refractivity contribution in [2.75, 3.05) is 20.8 Å². The van der Waals surface area contributed by atoms with Gasteiger partial charge in [0.05, 0.1) is 11.2 Å². The van der Waals surface area contributed by atoms with Crippen molar-refractivity contribution in [1.82, 2.24) is 0 Å². The second-order valence-corrected chi connectivity index (χ2v) is 6.94. The van der Waals surface area contributed by atoms with Gasteiger partial charge in [-0.25, -0.2) is 0 Å². The Morgan fingerprint density at radius 2 is 1.67 bits per heavy atom. The monoisotopic (exact) mass is 333 g/mol. The van der Waals surface area contributed by atoms with E-state index < -0.39 is 24.6 Å². The summed E-state index contributed by atoms with van der Waals surface area (Å²) in [6.45, 7) is 8.46. The van der Waals surface area contributed by atoms with Crippen molar-refractivity contribution in [3.05, 3.63) is 40.9 Å². The zero-order valence-corrected chi connectivity index (χ0v) is 15.5. The minimum atomic E-state index is -0.461. The van der Waals surface area contributed by atoms with Crippen LogP contribution in [0.1, 0.15) is 45.1 Å². The van der Waals surface area contributed by atoms with Gasteiger partial charge >= 0.3 is 7.12 Å². The first-order valence-electron chi connectivity index (χ1n) is 8.16. The molecule has 0 atom stereocenters. The molecule has 0 radical (unpaired) electrons. The number of nitrogens with two attached hydrogens (primary N) is 1. The summed E-state index contributed by atoms with van der Waals surface area (Å²) in [6.07, 6.45) is 1.57. The minimum absolute atomic E-state index is 0.343. The van der Waals surface area contributed by atoms with Crippen molar-refractivity contribution < 1.29 is 18.8 Å². The minimum Gasteiger partial charge on any atom is -0.400 e. The summed E-state index contributed by atoms with van der Waals surface area (Å²) < 4.78 is 23.0. The van der Waals surface area contributed by atoms with E-state index in [2.05, 4.69) is 0 Å². The van der Waals surface area contributed by atoms with Gasteiger partial charge in [-0.2, -0.15) is 0 Å². The van der Waals surface area contributed by atoms with Crippen molar-refractivity contribution in [2.24, 2.45) is 5.73 Å². The third kappa shape index (κ3) is 3.73. The van der Waals surface area contributed by atoms with Crippen molar-refractivity contribution in [3.63, 3.8) is 0 Å². The Kier molecular flexibility index (Phi) is 5.89. The number of ether oxygens (including phenoxy) is 2. The van der Waals surface area contributed by atoms with Crippen LogP contribution >= 0.6 is 0 Å². The summed E-state index contributed by atoms with van der Waals surface area (Å²) in [7, 11) is 2.77. The molecule has 1 heterocycles. The summed E-state index contributed by atoms with van der Waals surface area (Å²) >= 11 is 0. The molecule has 1 saturated heterocycles. The van der Waals surface area contributed by atoms with E-state index in [4.69, 9.17) is 24.5 Å². The van der Waals surface area contributed by atoms with Gasteiger partial charge in [-0.15, -0.1) is 0 Å². The van der Waals surface area contributed by atoms with Crippen LogP contribution in [0.4, 0.5) is 0 Å². The van der Waals surface area contributed by atoms with Gasteiger partial charge in [0, 0.05) is 26.3 Å². The number of benzene rings is 1. The van der Waals surface area contributed by atoms with Crippen LogP contribution in [0.25, 0.3) is 6.08 Å². The topological polar surface area (TPSA) is 62.9 Å². The maximum absolute atomic E-state index is 6.11. The highest BCUT2D eigenvalue weighted by Crippen LogP contribution is 2.38. The van der Waals surface area contributed by atoms with Crippen LogP contribution in [-0.4, -0.2) is 39.1 Å². The molecule has 6 heteroatoms. The molecule has 2 rings (SSSR count). The molecule has 1 aliphatic rings. The van der Waals surface area contributed by atoms with E-state index in [0.29, 0.717) is 6.54 Å². The lowest BCUT2D eigenvalue weighted by molar-refractivity contribution is -0.106. The molecule has 132 valence electrons. The Hall–Kier alpha value is -1.18. The predicted molar refractivity (Wildman–Crippen MR) is 96.3 cm³/mol. The molecule has 0 aromatic heterocycles. The average molecular weight is 333 g/mol. The SMILES string of the molecule is COC(OC)c1ccccc1C=C(CN)B1OC(C)(C)C(C)(C)O1. The van der Waals surface area contributed by atoms with Gasteiger partial charge in [0.25, 0.3) is 0 Å². The van der Waals surface area contributed by atoms with Crippen molar-refractivity contribution in [2.45, 2.75) is 45.2 Å². The molecule has 24 heavy (non-hydrogen) atoms. The molecule has 0 unspecified atom stereocenters. The van der Waals surface area contributed by atoms with E-state index in [1.807, 2.05) is 58.0 Å². The number of hydrogen-bond acceptors (Lipinski definition) is 5. The highest BCUT2D eigenvalue weighted by atomic mass is 16.7. The van der Waals surface area contributed by atoms with Crippen LogP contribution < -0.4 is 5.73 Å². The molecule has 1 aromatic rings. The van der Waals surface area contributed by atoms with Gasteiger partial charge in [0.1, 0.15) is 0 Å². The second-order valence-electron chi connectivity index (χ2n) is 6.94. The Morgan fingerprint density at radius 1 is 1.12 bits per heavy atom. The lowest BCUT2D eigenvalue weighted by Gasteiger charge is -2.32. The first kappa shape index (κ1) is 19.2. The molecule has 0 saturated carbocycles. The predicted octanol–water partition coefficient (Wildman–Crippen LogP) is 2.95.